The van der Waals surface area contributed by atoms with E-state index < -0.39 is 5.54 Å². The average Bonchev–Trinajstić information content (AvgIpc) is 2.82. The third kappa shape index (κ3) is 5.22. The third-order valence-electron chi connectivity index (χ3n) is 4.05. The summed E-state index contributed by atoms with van der Waals surface area (Å²) in [6.07, 6.45) is 0.276. The van der Waals surface area contributed by atoms with Crippen molar-refractivity contribution in [2.45, 2.75) is 39.3 Å². The molecule has 1 aliphatic heterocycles. The van der Waals surface area contributed by atoms with Gasteiger partial charge in [-0.3, -0.25) is 9.59 Å². The van der Waals surface area contributed by atoms with Crippen molar-refractivity contribution in [1.82, 2.24) is 10.2 Å². The molecule has 1 aromatic carbocycles. The Bertz CT molecular complexity index is 557. The number of nitrogens with two attached hydrogens (primary N) is 1. The molecule has 1 aromatic rings. The molecule has 6 heteroatoms. The maximum Gasteiger partial charge on any atom is 0.225 e. The summed E-state index contributed by atoms with van der Waals surface area (Å²) in [6, 6.07) is 8.11. The summed E-state index contributed by atoms with van der Waals surface area (Å²) in [4.78, 5) is 26.1. The van der Waals surface area contributed by atoms with Crippen molar-refractivity contribution in [3.63, 3.8) is 0 Å². The highest BCUT2D eigenvalue weighted by Gasteiger charge is 2.35. The zero-order valence-corrected chi connectivity index (χ0v) is 14.8. The molecule has 0 aromatic heterocycles. The molecule has 1 saturated heterocycles. The molecule has 1 unspecified atom stereocenters. The van der Waals surface area contributed by atoms with Crippen LogP contribution < -0.4 is 11.1 Å². The SMILES string of the molecule is Cc1ccc(CN2CC(C(=O)NC(C)(C)CN)CC2=O)cc1.Cl. The van der Waals surface area contributed by atoms with Gasteiger partial charge in [-0.05, 0) is 26.3 Å². The molecule has 2 amide bonds. The molecular weight excluding hydrogens is 314 g/mol. The fourth-order valence-corrected chi connectivity index (χ4v) is 2.50. The Morgan fingerprint density at radius 1 is 1.35 bits per heavy atom. The number of carbonyl (C=O) groups is 2. The molecule has 0 radical (unpaired) electrons. The first-order valence-corrected chi connectivity index (χ1v) is 7.66. The molecule has 128 valence electrons. The third-order valence-corrected chi connectivity index (χ3v) is 4.05. The van der Waals surface area contributed by atoms with E-state index in [2.05, 4.69) is 5.32 Å². The van der Waals surface area contributed by atoms with E-state index in [0.29, 0.717) is 19.6 Å². The van der Waals surface area contributed by atoms with Gasteiger partial charge in [-0.15, -0.1) is 12.4 Å². The second kappa shape index (κ2) is 7.79. The van der Waals surface area contributed by atoms with Crippen LogP contribution in [0.25, 0.3) is 0 Å². The van der Waals surface area contributed by atoms with E-state index in [1.807, 2.05) is 45.0 Å². The first-order valence-electron chi connectivity index (χ1n) is 7.66. The van der Waals surface area contributed by atoms with Crippen LogP contribution in [0, 0.1) is 12.8 Å². The Kier molecular flexibility index (Phi) is 6.59. The van der Waals surface area contributed by atoms with Crippen LogP contribution in [0.4, 0.5) is 0 Å². The van der Waals surface area contributed by atoms with Crippen molar-refractivity contribution in [1.29, 1.82) is 0 Å². The molecule has 23 heavy (non-hydrogen) atoms. The van der Waals surface area contributed by atoms with Crippen LogP contribution in [-0.2, 0) is 16.1 Å². The van der Waals surface area contributed by atoms with Gasteiger partial charge >= 0.3 is 0 Å². The summed E-state index contributed by atoms with van der Waals surface area (Å²) in [6.45, 7) is 7.19. The van der Waals surface area contributed by atoms with Crippen LogP contribution in [0.3, 0.4) is 0 Å². The Morgan fingerprint density at radius 3 is 2.52 bits per heavy atom. The Hall–Kier alpha value is -1.59. The minimum Gasteiger partial charge on any atom is -0.350 e. The molecule has 1 fully saturated rings. The van der Waals surface area contributed by atoms with Crippen LogP contribution in [-0.4, -0.2) is 35.3 Å². The fraction of sp³-hybridized carbons (Fsp3) is 0.529. The number of halogens is 1. The van der Waals surface area contributed by atoms with Gasteiger partial charge in [0.2, 0.25) is 11.8 Å². The van der Waals surface area contributed by atoms with Gasteiger partial charge in [0.1, 0.15) is 0 Å². The van der Waals surface area contributed by atoms with Crippen LogP contribution >= 0.6 is 12.4 Å². The number of nitrogens with one attached hydrogen (secondary N) is 1. The number of rotatable bonds is 5. The Labute approximate surface area is 144 Å². The molecule has 1 aliphatic rings. The summed E-state index contributed by atoms with van der Waals surface area (Å²) in [5.74, 6) is -0.342. The van der Waals surface area contributed by atoms with Gasteiger partial charge in [-0.25, -0.2) is 0 Å². The molecule has 0 bridgehead atoms. The molecule has 2 rings (SSSR count). The predicted molar refractivity (Wildman–Crippen MR) is 93.2 cm³/mol. The van der Waals surface area contributed by atoms with Gasteiger partial charge in [-0.1, -0.05) is 29.8 Å². The van der Waals surface area contributed by atoms with Crippen molar-refractivity contribution in [3.05, 3.63) is 35.4 Å². The topological polar surface area (TPSA) is 75.4 Å². The normalized spacial score (nSPS) is 17.8. The molecule has 0 saturated carbocycles. The molecule has 1 atom stereocenters. The molecule has 1 heterocycles. The first kappa shape index (κ1) is 19.5. The number of hydrogen-bond acceptors (Lipinski definition) is 3. The zero-order chi connectivity index (χ0) is 16.3. The highest BCUT2D eigenvalue weighted by Crippen LogP contribution is 2.21. The van der Waals surface area contributed by atoms with Gasteiger partial charge in [-0.2, -0.15) is 0 Å². The number of benzene rings is 1. The zero-order valence-electron chi connectivity index (χ0n) is 14.0. The van der Waals surface area contributed by atoms with Crippen molar-refractivity contribution in [2.24, 2.45) is 11.7 Å². The molecule has 3 N–H and O–H groups in total. The Balaban J connectivity index is 0.00000264. The molecule has 0 spiro atoms. The van der Waals surface area contributed by atoms with E-state index in [0.717, 1.165) is 5.56 Å². The van der Waals surface area contributed by atoms with Gasteiger partial charge in [0.15, 0.2) is 0 Å². The second-order valence-electron chi connectivity index (χ2n) is 6.74. The van der Waals surface area contributed by atoms with E-state index in [1.165, 1.54) is 5.56 Å². The van der Waals surface area contributed by atoms with E-state index in [1.54, 1.807) is 4.90 Å². The number of carbonyl (C=O) groups excluding carboxylic acids is 2. The monoisotopic (exact) mass is 339 g/mol. The van der Waals surface area contributed by atoms with Gasteiger partial charge < -0.3 is 16.0 Å². The van der Waals surface area contributed by atoms with Crippen LogP contribution in [0.15, 0.2) is 24.3 Å². The van der Waals surface area contributed by atoms with Crippen molar-refractivity contribution in [2.75, 3.05) is 13.1 Å². The van der Waals surface area contributed by atoms with Gasteiger partial charge in [0.05, 0.1) is 5.92 Å². The predicted octanol–water partition coefficient (Wildman–Crippen LogP) is 1.62. The summed E-state index contributed by atoms with van der Waals surface area (Å²) < 4.78 is 0. The number of nitrogens with zero attached hydrogens (tertiary/aromatic N) is 1. The summed E-state index contributed by atoms with van der Waals surface area (Å²) in [7, 11) is 0. The second-order valence-corrected chi connectivity index (χ2v) is 6.74. The summed E-state index contributed by atoms with van der Waals surface area (Å²) >= 11 is 0. The number of hydrogen-bond donors (Lipinski definition) is 2. The van der Waals surface area contributed by atoms with Crippen LogP contribution in [0.5, 0.6) is 0 Å². The minimum atomic E-state index is -0.440. The smallest absolute Gasteiger partial charge is 0.225 e. The lowest BCUT2D eigenvalue weighted by atomic mass is 10.0. The largest absolute Gasteiger partial charge is 0.350 e. The van der Waals surface area contributed by atoms with Crippen LogP contribution in [0.1, 0.15) is 31.4 Å². The summed E-state index contributed by atoms with van der Waals surface area (Å²) in [5.41, 5.74) is 7.47. The lowest BCUT2D eigenvalue weighted by Crippen LogP contribution is -2.51. The maximum absolute atomic E-state index is 12.3. The van der Waals surface area contributed by atoms with Crippen molar-refractivity contribution < 1.29 is 9.59 Å². The van der Waals surface area contributed by atoms with Crippen LogP contribution in [0.2, 0.25) is 0 Å². The van der Waals surface area contributed by atoms with E-state index in [9.17, 15) is 9.59 Å². The van der Waals surface area contributed by atoms with E-state index in [-0.39, 0.29) is 36.6 Å². The number of likely N-dealkylation sites (tertiary alicyclic amines) is 1. The van der Waals surface area contributed by atoms with E-state index >= 15 is 0 Å². The lowest BCUT2D eigenvalue weighted by molar-refractivity contribution is -0.129. The minimum absolute atomic E-state index is 0. The Morgan fingerprint density at radius 2 is 1.96 bits per heavy atom. The van der Waals surface area contributed by atoms with Gasteiger partial charge in [0, 0.05) is 31.6 Å². The number of amides is 2. The highest BCUT2D eigenvalue weighted by molar-refractivity contribution is 5.89. The molecular formula is C17H26ClN3O2. The maximum atomic E-state index is 12.3. The highest BCUT2D eigenvalue weighted by atomic mass is 35.5. The number of aryl methyl sites for hydroxylation is 1. The first-order chi connectivity index (χ1) is 10.3. The van der Waals surface area contributed by atoms with Crippen molar-refractivity contribution in [3.8, 4) is 0 Å². The lowest BCUT2D eigenvalue weighted by Gasteiger charge is -2.26. The fourth-order valence-electron chi connectivity index (χ4n) is 2.50. The quantitative estimate of drug-likeness (QED) is 0.856. The van der Waals surface area contributed by atoms with Gasteiger partial charge in [0.25, 0.3) is 0 Å². The summed E-state index contributed by atoms with van der Waals surface area (Å²) in [5, 5.41) is 2.92. The standard InChI is InChI=1S/C17H25N3O2.ClH/c1-12-4-6-13(7-5-12)9-20-10-14(8-15(20)21)16(22)19-17(2,3)11-18;/h4-7,14H,8-11,18H2,1-3H3,(H,19,22);1H. The van der Waals surface area contributed by atoms with E-state index in [4.69, 9.17) is 5.73 Å². The average molecular weight is 340 g/mol. The molecule has 5 nitrogen and oxygen atoms in total. The van der Waals surface area contributed by atoms with Crippen molar-refractivity contribution >= 4 is 24.2 Å². The molecule has 0 aliphatic carbocycles.